The third-order valence-electron chi connectivity index (χ3n) is 4.91. The second-order valence-electron chi connectivity index (χ2n) is 7.09. The highest BCUT2D eigenvalue weighted by Gasteiger charge is 2.36. The minimum atomic E-state index is -4.90. The highest BCUT2D eigenvalue weighted by molar-refractivity contribution is 7.89. The SMILES string of the molecule is Nc1nc(Nc2cc(F)c(-c3ccc(S(=O)(=O)N4CCOCC4)cc3)c(C(F)(F)F)c2)n[nH]1. The van der Waals surface area contributed by atoms with E-state index >= 15 is 0 Å². The number of nitrogens with zero attached hydrogens (tertiary/aromatic N) is 3. The summed E-state index contributed by atoms with van der Waals surface area (Å²) >= 11 is 0. The number of H-pyrrole nitrogens is 1. The number of rotatable bonds is 5. The zero-order valence-electron chi connectivity index (χ0n) is 16.9. The van der Waals surface area contributed by atoms with Crippen LogP contribution in [0, 0.1) is 5.82 Å². The molecule has 0 amide bonds. The molecule has 2 aromatic carbocycles. The number of ether oxygens (including phenoxy) is 1. The smallest absolute Gasteiger partial charge is 0.379 e. The number of halogens is 4. The summed E-state index contributed by atoms with van der Waals surface area (Å²) in [5, 5.41) is 8.40. The molecule has 3 aromatic rings. The lowest BCUT2D eigenvalue weighted by atomic mass is 9.98. The van der Waals surface area contributed by atoms with Gasteiger partial charge in [-0.05, 0) is 29.8 Å². The van der Waals surface area contributed by atoms with Crippen molar-refractivity contribution in [2.24, 2.45) is 0 Å². The van der Waals surface area contributed by atoms with Crippen molar-refractivity contribution in [2.45, 2.75) is 11.1 Å². The first kappa shape index (κ1) is 22.9. The number of hydrogen-bond acceptors (Lipinski definition) is 7. The molecule has 4 rings (SSSR count). The van der Waals surface area contributed by atoms with Gasteiger partial charge in [0.25, 0.3) is 0 Å². The van der Waals surface area contributed by atoms with Gasteiger partial charge in [0, 0.05) is 24.3 Å². The minimum Gasteiger partial charge on any atom is -0.379 e. The van der Waals surface area contributed by atoms with Crippen molar-refractivity contribution in [2.75, 3.05) is 37.4 Å². The van der Waals surface area contributed by atoms with Gasteiger partial charge in [0.05, 0.1) is 23.7 Å². The standard InChI is InChI=1S/C19H18F4N6O3S/c20-15-10-12(25-18-26-17(24)27-28-18)9-14(19(21,22)23)16(15)11-1-3-13(4-2-11)33(30,31)29-5-7-32-8-6-29/h1-4,9-10H,5-8H2,(H4,24,25,26,27,28). The molecular formula is C19H18F4N6O3S. The van der Waals surface area contributed by atoms with Crippen molar-refractivity contribution in [3.05, 3.63) is 47.8 Å². The van der Waals surface area contributed by atoms with Gasteiger partial charge in [-0.1, -0.05) is 12.1 Å². The summed E-state index contributed by atoms with van der Waals surface area (Å²) in [5.74, 6) is -1.37. The van der Waals surface area contributed by atoms with Crippen LogP contribution in [0.25, 0.3) is 11.1 Å². The maximum atomic E-state index is 14.9. The van der Waals surface area contributed by atoms with E-state index in [1.165, 1.54) is 4.31 Å². The Labute approximate surface area is 185 Å². The van der Waals surface area contributed by atoms with Gasteiger partial charge in [0.2, 0.25) is 21.9 Å². The van der Waals surface area contributed by atoms with Gasteiger partial charge in [-0.3, -0.25) is 0 Å². The number of benzene rings is 2. The Kier molecular flexibility index (Phi) is 5.99. The number of nitrogens with two attached hydrogens (primary N) is 1. The Morgan fingerprint density at radius 3 is 2.36 bits per heavy atom. The number of alkyl halides is 3. The predicted octanol–water partition coefficient (Wildman–Crippen LogP) is 2.98. The summed E-state index contributed by atoms with van der Waals surface area (Å²) in [7, 11) is -3.85. The fraction of sp³-hybridized carbons (Fsp3) is 0.263. The van der Waals surface area contributed by atoms with Gasteiger partial charge in [-0.15, -0.1) is 5.10 Å². The van der Waals surface area contributed by atoms with E-state index in [-0.39, 0.29) is 54.3 Å². The molecule has 2 heterocycles. The van der Waals surface area contributed by atoms with Crippen molar-refractivity contribution in [3.8, 4) is 11.1 Å². The topological polar surface area (TPSA) is 126 Å². The molecule has 176 valence electrons. The molecule has 0 saturated carbocycles. The van der Waals surface area contributed by atoms with Crippen molar-refractivity contribution in [1.82, 2.24) is 19.5 Å². The first-order valence-corrected chi connectivity index (χ1v) is 11.0. The second kappa shape index (κ2) is 8.61. The molecule has 4 N–H and O–H groups in total. The molecule has 0 radical (unpaired) electrons. The lowest BCUT2D eigenvalue weighted by Gasteiger charge is -2.26. The Morgan fingerprint density at radius 2 is 1.79 bits per heavy atom. The molecule has 0 unspecified atom stereocenters. The fourth-order valence-corrected chi connectivity index (χ4v) is 4.79. The first-order valence-electron chi connectivity index (χ1n) is 9.59. The van der Waals surface area contributed by atoms with Gasteiger partial charge in [-0.25, -0.2) is 17.9 Å². The Balaban J connectivity index is 1.70. The van der Waals surface area contributed by atoms with Crippen molar-refractivity contribution < 1.29 is 30.7 Å². The summed E-state index contributed by atoms with van der Waals surface area (Å²) in [6.07, 6.45) is -4.90. The molecule has 1 aliphatic rings. The number of morpholine rings is 1. The van der Waals surface area contributed by atoms with Crippen molar-refractivity contribution >= 4 is 27.6 Å². The molecule has 33 heavy (non-hydrogen) atoms. The van der Waals surface area contributed by atoms with Crippen LogP contribution in [0.5, 0.6) is 0 Å². The molecule has 0 atom stereocenters. The van der Waals surface area contributed by atoms with Crippen LogP contribution in [-0.2, 0) is 20.9 Å². The van der Waals surface area contributed by atoms with E-state index in [4.69, 9.17) is 10.5 Å². The van der Waals surface area contributed by atoms with Crippen LogP contribution in [0.1, 0.15) is 5.56 Å². The maximum absolute atomic E-state index is 14.9. The Bertz CT molecular complexity index is 1260. The van der Waals surface area contributed by atoms with Crippen LogP contribution in [0.4, 0.5) is 35.1 Å². The van der Waals surface area contributed by atoms with E-state index in [1.807, 2.05) is 0 Å². The zero-order chi connectivity index (χ0) is 23.8. The number of hydrogen-bond donors (Lipinski definition) is 3. The molecule has 1 aliphatic heterocycles. The average Bonchev–Trinajstić information content (AvgIpc) is 3.18. The molecular weight excluding hydrogens is 468 g/mol. The Morgan fingerprint density at radius 1 is 1.12 bits per heavy atom. The third kappa shape index (κ3) is 4.77. The van der Waals surface area contributed by atoms with Crippen molar-refractivity contribution in [1.29, 1.82) is 0 Å². The van der Waals surface area contributed by atoms with Crippen LogP contribution in [-0.4, -0.2) is 54.2 Å². The number of sulfonamides is 1. The molecule has 0 bridgehead atoms. The zero-order valence-corrected chi connectivity index (χ0v) is 17.7. The average molecular weight is 486 g/mol. The van der Waals surface area contributed by atoms with E-state index in [2.05, 4.69) is 20.5 Å². The summed E-state index contributed by atoms with van der Waals surface area (Å²) in [6.45, 7) is 0.834. The van der Waals surface area contributed by atoms with Crippen LogP contribution >= 0.6 is 0 Å². The first-order chi connectivity index (χ1) is 15.6. The van der Waals surface area contributed by atoms with Gasteiger partial charge in [0.1, 0.15) is 5.82 Å². The van der Waals surface area contributed by atoms with Crippen LogP contribution in [0.2, 0.25) is 0 Å². The minimum absolute atomic E-state index is 0.0715. The monoisotopic (exact) mass is 486 g/mol. The van der Waals surface area contributed by atoms with Crippen molar-refractivity contribution in [3.63, 3.8) is 0 Å². The number of anilines is 3. The summed E-state index contributed by atoms with van der Waals surface area (Å²) < 4.78 is 88.1. The molecule has 1 aromatic heterocycles. The molecule has 14 heteroatoms. The normalized spacial score (nSPS) is 15.5. The molecule has 0 aliphatic carbocycles. The van der Waals surface area contributed by atoms with E-state index in [0.717, 1.165) is 30.3 Å². The Hall–Kier alpha value is -3.23. The maximum Gasteiger partial charge on any atom is 0.417 e. The lowest BCUT2D eigenvalue weighted by Crippen LogP contribution is -2.40. The number of aromatic amines is 1. The third-order valence-corrected chi connectivity index (χ3v) is 6.82. The van der Waals surface area contributed by atoms with Gasteiger partial charge in [-0.2, -0.15) is 22.5 Å². The molecule has 1 saturated heterocycles. The van der Waals surface area contributed by atoms with Gasteiger partial charge < -0.3 is 15.8 Å². The summed E-state index contributed by atoms with van der Waals surface area (Å²) in [5.41, 5.74) is 3.04. The lowest BCUT2D eigenvalue weighted by molar-refractivity contribution is -0.137. The van der Waals surface area contributed by atoms with Gasteiger partial charge >= 0.3 is 6.18 Å². The van der Waals surface area contributed by atoms with Crippen LogP contribution in [0.15, 0.2) is 41.3 Å². The molecule has 0 spiro atoms. The fourth-order valence-electron chi connectivity index (χ4n) is 3.38. The van der Waals surface area contributed by atoms with E-state index in [1.54, 1.807) is 0 Å². The predicted molar refractivity (Wildman–Crippen MR) is 110 cm³/mol. The number of aromatic nitrogens is 3. The van der Waals surface area contributed by atoms with Gasteiger partial charge in [0.15, 0.2) is 0 Å². The highest BCUT2D eigenvalue weighted by atomic mass is 32.2. The number of nitrogen functional groups attached to an aromatic ring is 1. The largest absolute Gasteiger partial charge is 0.417 e. The van der Waals surface area contributed by atoms with E-state index in [9.17, 15) is 26.0 Å². The van der Waals surface area contributed by atoms with E-state index < -0.39 is 33.1 Å². The quantitative estimate of drug-likeness (QED) is 0.474. The van der Waals surface area contributed by atoms with Crippen LogP contribution in [0.3, 0.4) is 0 Å². The summed E-state index contributed by atoms with van der Waals surface area (Å²) in [4.78, 5) is 3.60. The highest BCUT2D eigenvalue weighted by Crippen LogP contribution is 2.41. The molecule has 1 fully saturated rings. The molecule has 9 nitrogen and oxygen atoms in total. The van der Waals surface area contributed by atoms with E-state index in [0.29, 0.717) is 6.07 Å². The summed E-state index contributed by atoms with van der Waals surface area (Å²) in [6, 6.07) is 6.16. The number of nitrogens with one attached hydrogen (secondary N) is 2. The second-order valence-corrected chi connectivity index (χ2v) is 9.03. The van der Waals surface area contributed by atoms with Crippen LogP contribution < -0.4 is 11.1 Å².